The fraction of sp³-hybridized carbons (Fsp3) is 0.467. The fourth-order valence-corrected chi connectivity index (χ4v) is 4.27. The molecule has 6 heteroatoms. The van der Waals surface area contributed by atoms with E-state index in [9.17, 15) is 8.42 Å². The number of sulfone groups is 1. The maximum Gasteiger partial charge on any atom is 0.147 e. The van der Waals surface area contributed by atoms with E-state index in [0.717, 1.165) is 24.5 Å². The Morgan fingerprint density at radius 1 is 1.33 bits per heavy atom. The van der Waals surface area contributed by atoms with Gasteiger partial charge in [-0.25, -0.2) is 13.4 Å². The maximum atomic E-state index is 11.4. The second-order valence-corrected chi connectivity index (χ2v) is 8.23. The average molecular weight is 307 g/mol. The largest absolute Gasteiger partial charge is 0.384 e. The molecular weight excluding hydrogens is 286 g/mol. The molecule has 0 aromatic heterocycles. The molecule has 2 aliphatic heterocycles. The Hall–Kier alpha value is -1.53. The number of nitrogens with two attached hydrogens (primary N) is 1. The summed E-state index contributed by atoms with van der Waals surface area (Å²) in [4.78, 5) is 0. The molecule has 2 N–H and O–H groups in total. The summed E-state index contributed by atoms with van der Waals surface area (Å²) in [5.41, 5.74) is 8.57. The number of rotatable bonds is 3. The summed E-state index contributed by atoms with van der Waals surface area (Å²) in [5, 5.41) is 4.23. The van der Waals surface area contributed by atoms with Gasteiger partial charge in [-0.3, -0.25) is 5.01 Å². The van der Waals surface area contributed by atoms with Crippen LogP contribution in [0.1, 0.15) is 18.1 Å². The van der Waals surface area contributed by atoms with E-state index >= 15 is 0 Å². The minimum Gasteiger partial charge on any atom is -0.384 e. The molecule has 0 amide bonds. The number of benzene rings is 1. The van der Waals surface area contributed by atoms with Gasteiger partial charge in [0.05, 0.1) is 12.3 Å². The highest BCUT2D eigenvalue weighted by atomic mass is 32.2. The van der Waals surface area contributed by atoms with E-state index in [1.165, 1.54) is 11.8 Å². The van der Waals surface area contributed by atoms with Gasteiger partial charge in [-0.15, -0.1) is 0 Å². The standard InChI is InChI=1S/C15H21N3O2S/c1-11-14(10-21(2,19)20)9-17(11)18-8-13-6-4-3-5-12(13)7-15(18)16/h3-7,11,14H,8-10,16H2,1-2H3/t11-,14-/m1/s1. The van der Waals surface area contributed by atoms with Crippen LogP contribution in [0.3, 0.4) is 0 Å². The van der Waals surface area contributed by atoms with E-state index in [-0.39, 0.29) is 17.7 Å². The fourth-order valence-electron chi connectivity index (χ4n) is 3.11. The Kier molecular flexibility index (Phi) is 3.45. The lowest BCUT2D eigenvalue weighted by Gasteiger charge is -2.53. The van der Waals surface area contributed by atoms with Crippen molar-refractivity contribution in [2.75, 3.05) is 18.6 Å². The van der Waals surface area contributed by atoms with Crippen LogP contribution in [0.15, 0.2) is 30.1 Å². The third kappa shape index (κ3) is 2.78. The molecule has 2 heterocycles. The minimum absolute atomic E-state index is 0.185. The van der Waals surface area contributed by atoms with Crippen LogP contribution >= 0.6 is 0 Å². The van der Waals surface area contributed by atoms with Gasteiger partial charge in [-0.1, -0.05) is 24.3 Å². The molecule has 5 nitrogen and oxygen atoms in total. The van der Waals surface area contributed by atoms with Crippen LogP contribution in [0.2, 0.25) is 0 Å². The molecule has 0 saturated carbocycles. The Morgan fingerprint density at radius 2 is 2.05 bits per heavy atom. The summed E-state index contributed by atoms with van der Waals surface area (Å²) in [5.74, 6) is 1.15. The van der Waals surface area contributed by atoms with E-state index in [0.29, 0.717) is 0 Å². The van der Waals surface area contributed by atoms with Crippen LogP contribution in [-0.4, -0.2) is 43.0 Å². The van der Waals surface area contributed by atoms with Crippen molar-refractivity contribution < 1.29 is 8.42 Å². The van der Waals surface area contributed by atoms with Crippen LogP contribution in [0.4, 0.5) is 0 Å². The zero-order valence-corrected chi connectivity index (χ0v) is 13.2. The molecule has 1 saturated heterocycles. The molecule has 1 fully saturated rings. The van der Waals surface area contributed by atoms with Crippen LogP contribution in [-0.2, 0) is 16.4 Å². The molecule has 0 unspecified atom stereocenters. The first-order valence-corrected chi connectivity index (χ1v) is 9.18. The smallest absolute Gasteiger partial charge is 0.147 e. The van der Waals surface area contributed by atoms with Crippen molar-refractivity contribution in [1.82, 2.24) is 10.0 Å². The Balaban J connectivity index is 1.73. The van der Waals surface area contributed by atoms with Gasteiger partial charge in [-0.05, 0) is 24.1 Å². The molecular formula is C15H21N3O2S. The van der Waals surface area contributed by atoms with Gasteiger partial charge in [0.2, 0.25) is 0 Å². The van der Waals surface area contributed by atoms with Gasteiger partial charge in [0.1, 0.15) is 15.7 Å². The van der Waals surface area contributed by atoms with Crippen LogP contribution in [0.25, 0.3) is 6.08 Å². The summed E-state index contributed by atoms with van der Waals surface area (Å²) in [6.45, 7) is 3.55. The van der Waals surface area contributed by atoms with Crippen molar-refractivity contribution >= 4 is 15.9 Å². The lowest BCUT2D eigenvalue weighted by Crippen LogP contribution is -2.63. The van der Waals surface area contributed by atoms with Crippen molar-refractivity contribution in [2.24, 2.45) is 11.7 Å². The predicted molar refractivity (Wildman–Crippen MR) is 83.5 cm³/mol. The quantitative estimate of drug-likeness (QED) is 0.904. The predicted octanol–water partition coefficient (Wildman–Crippen LogP) is 1.04. The normalized spacial score (nSPS) is 26.0. The second-order valence-electron chi connectivity index (χ2n) is 6.04. The Bertz CT molecular complexity index is 684. The third-order valence-electron chi connectivity index (χ3n) is 4.38. The molecule has 1 aromatic rings. The summed E-state index contributed by atoms with van der Waals surface area (Å²) < 4.78 is 22.8. The van der Waals surface area contributed by atoms with Gasteiger partial charge < -0.3 is 5.73 Å². The maximum absolute atomic E-state index is 11.4. The SMILES string of the molecule is C[C@@H]1[C@@H](CS(C)(=O)=O)CN1N1Cc2ccccc2C=C1N. The van der Waals surface area contributed by atoms with E-state index in [4.69, 9.17) is 5.73 Å². The topological polar surface area (TPSA) is 66.6 Å². The van der Waals surface area contributed by atoms with Crippen molar-refractivity contribution in [3.05, 3.63) is 41.2 Å². The van der Waals surface area contributed by atoms with Crippen molar-refractivity contribution in [3.63, 3.8) is 0 Å². The molecule has 0 aliphatic carbocycles. The number of hydrogen-bond donors (Lipinski definition) is 1. The van der Waals surface area contributed by atoms with Gasteiger partial charge >= 0.3 is 0 Å². The van der Waals surface area contributed by atoms with Gasteiger partial charge in [0.15, 0.2) is 0 Å². The number of fused-ring (bicyclic) bond motifs is 1. The van der Waals surface area contributed by atoms with Gasteiger partial charge in [-0.2, -0.15) is 0 Å². The van der Waals surface area contributed by atoms with E-state index in [2.05, 4.69) is 29.1 Å². The van der Waals surface area contributed by atoms with Crippen molar-refractivity contribution in [3.8, 4) is 0 Å². The molecule has 114 valence electrons. The van der Waals surface area contributed by atoms with Gasteiger partial charge in [0, 0.05) is 24.8 Å². The minimum atomic E-state index is -2.92. The zero-order chi connectivity index (χ0) is 15.2. The molecule has 2 aliphatic rings. The molecule has 3 rings (SSSR count). The van der Waals surface area contributed by atoms with Crippen LogP contribution < -0.4 is 5.73 Å². The van der Waals surface area contributed by atoms with Crippen molar-refractivity contribution in [2.45, 2.75) is 19.5 Å². The summed E-state index contributed by atoms with van der Waals surface area (Å²) >= 11 is 0. The van der Waals surface area contributed by atoms with E-state index in [1.54, 1.807) is 0 Å². The first kappa shape index (κ1) is 14.4. The van der Waals surface area contributed by atoms with E-state index < -0.39 is 9.84 Å². The highest BCUT2D eigenvalue weighted by Gasteiger charge is 2.41. The first-order valence-electron chi connectivity index (χ1n) is 7.12. The first-order chi connectivity index (χ1) is 9.85. The Morgan fingerprint density at radius 3 is 2.71 bits per heavy atom. The van der Waals surface area contributed by atoms with Crippen molar-refractivity contribution in [1.29, 1.82) is 0 Å². The molecule has 1 aromatic carbocycles. The summed E-state index contributed by atoms with van der Waals surface area (Å²) in [6, 6.07) is 8.39. The molecule has 0 bridgehead atoms. The Labute approximate surface area is 125 Å². The summed E-state index contributed by atoms with van der Waals surface area (Å²) in [6.07, 6.45) is 3.28. The highest BCUT2D eigenvalue weighted by molar-refractivity contribution is 7.90. The lowest BCUT2D eigenvalue weighted by molar-refractivity contribution is -0.127. The second kappa shape index (κ2) is 5.03. The number of nitrogens with zero attached hydrogens (tertiary/aromatic N) is 2. The summed E-state index contributed by atoms with van der Waals surface area (Å²) in [7, 11) is -2.92. The monoisotopic (exact) mass is 307 g/mol. The van der Waals surface area contributed by atoms with Gasteiger partial charge in [0.25, 0.3) is 0 Å². The number of hydrazine groups is 1. The lowest BCUT2D eigenvalue weighted by atomic mass is 9.93. The van der Waals surface area contributed by atoms with Crippen LogP contribution in [0, 0.1) is 5.92 Å². The molecule has 0 radical (unpaired) electrons. The zero-order valence-electron chi connectivity index (χ0n) is 12.4. The number of hydrogen-bond acceptors (Lipinski definition) is 5. The molecule has 21 heavy (non-hydrogen) atoms. The highest BCUT2D eigenvalue weighted by Crippen LogP contribution is 2.32. The van der Waals surface area contributed by atoms with E-state index in [1.807, 2.05) is 18.2 Å². The molecule has 2 atom stereocenters. The third-order valence-corrected chi connectivity index (χ3v) is 5.41. The van der Waals surface area contributed by atoms with Crippen LogP contribution in [0.5, 0.6) is 0 Å². The average Bonchev–Trinajstić information content (AvgIpc) is 2.41. The molecule has 0 spiro atoms.